The van der Waals surface area contributed by atoms with E-state index < -0.39 is 0 Å². The van der Waals surface area contributed by atoms with Crippen LogP contribution in [0.15, 0.2) is 36.4 Å². The highest BCUT2D eigenvalue weighted by atomic mass is 16.5. The normalized spacial score (nSPS) is 17.9. The molecule has 0 fully saturated rings. The lowest BCUT2D eigenvalue weighted by Gasteiger charge is -2.26. The standard InChI is InChI=1S/C19H20N2O4/c1-23-17-5-3-12-6-16(11-25-18(12)8-17)21-19(22)20-15-4-2-13-9-24-10-14(13)7-15/h2-5,7-8,16H,6,9-11H2,1H3,(H2,20,21,22). The van der Waals surface area contributed by atoms with Crippen LogP contribution in [0.2, 0.25) is 0 Å². The molecule has 2 aliphatic rings. The van der Waals surface area contributed by atoms with E-state index >= 15 is 0 Å². The van der Waals surface area contributed by atoms with Gasteiger partial charge in [-0.25, -0.2) is 4.79 Å². The maximum atomic E-state index is 12.3. The van der Waals surface area contributed by atoms with Crippen molar-refractivity contribution in [2.45, 2.75) is 25.7 Å². The van der Waals surface area contributed by atoms with Crippen LogP contribution >= 0.6 is 0 Å². The molecule has 0 bridgehead atoms. The largest absolute Gasteiger partial charge is 0.497 e. The Labute approximate surface area is 146 Å². The van der Waals surface area contributed by atoms with Crippen LogP contribution in [-0.2, 0) is 24.4 Å². The number of carbonyl (C=O) groups excluding carboxylic acids is 1. The lowest BCUT2D eigenvalue weighted by molar-refractivity contribution is 0.134. The molecule has 0 saturated carbocycles. The van der Waals surface area contributed by atoms with Gasteiger partial charge in [0.15, 0.2) is 0 Å². The lowest BCUT2D eigenvalue weighted by Crippen LogP contribution is -2.44. The van der Waals surface area contributed by atoms with E-state index in [0.29, 0.717) is 19.8 Å². The first kappa shape index (κ1) is 15.8. The predicted molar refractivity (Wildman–Crippen MR) is 93.1 cm³/mol. The van der Waals surface area contributed by atoms with Gasteiger partial charge >= 0.3 is 6.03 Å². The number of ether oxygens (including phenoxy) is 3. The quantitative estimate of drug-likeness (QED) is 0.901. The van der Waals surface area contributed by atoms with Gasteiger partial charge in [-0.15, -0.1) is 0 Å². The van der Waals surface area contributed by atoms with Gasteiger partial charge in [0.2, 0.25) is 0 Å². The third-order valence-corrected chi connectivity index (χ3v) is 4.50. The lowest BCUT2D eigenvalue weighted by atomic mass is 10.0. The molecule has 4 rings (SSSR count). The van der Waals surface area contributed by atoms with Gasteiger partial charge in [-0.2, -0.15) is 0 Å². The molecule has 2 heterocycles. The minimum atomic E-state index is -0.232. The van der Waals surface area contributed by atoms with Crippen LogP contribution < -0.4 is 20.1 Å². The maximum absolute atomic E-state index is 12.3. The molecule has 0 spiro atoms. The summed E-state index contributed by atoms with van der Waals surface area (Å²) in [6.45, 7) is 1.68. The summed E-state index contributed by atoms with van der Waals surface area (Å²) in [6.07, 6.45) is 0.727. The van der Waals surface area contributed by atoms with Crippen molar-refractivity contribution < 1.29 is 19.0 Å². The van der Waals surface area contributed by atoms with E-state index in [1.165, 1.54) is 5.56 Å². The molecular formula is C19H20N2O4. The fourth-order valence-corrected chi connectivity index (χ4v) is 3.17. The van der Waals surface area contributed by atoms with Gasteiger partial charge in [0, 0.05) is 11.8 Å². The summed E-state index contributed by atoms with van der Waals surface area (Å²) >= 11 is 0. The zero-order chi connectivity index (χ0) is 17.2. The number of methoxy groups -OCH3 is 1. The molecular weight excluding hydrogens is 320 g/mol. The number of anilines is 1. The number of carbonyl (C=O) groups is 1. The molecule has 0 saturated heterocycles. The summed E-state index contributed by atoms with van der Waals surface area (Å²) in [5, 5.41) is 5.85. The Bertz CT molecular complexity index is 806. The second-order valence-corrected chi connectivity index (χ2v) is 6.26. The van der Waals surface area contributed by atoms with E-state index in [0.717, 1.165) is 34.7 Å². The average molecular weight is 340 g/mol. The summed E-state index contributed by atoms with van der Waals surface area (Å²) in [5.74, 6) is 1.58. The second-order valence-electron chi connectivity index (χ2n) is 6.26. The Morgan fingerprint density at radius 3 is 2.84 bits per heavy atom. The first-order chi connectivity index (χ1) is 12.2. The maximum Gasteiger partial charge on any atom is 0.319 e. The molecule has 6 nitrogen and oxygen atoms in total. The number of amides is 2. The van der Waals surface area contributed by atoms with Crippen LogP contribution in [0.3, 0.4) is 0 Å². The molecule has 2 aromatic rings. The second kappa shape index (κ2) is 6.64. The Morgan fingerprint density at radius 2 is 1.96 bits per heavy atom. The Morgan fingerprint density at radius 1 is 1.12 bits per heavy atom. The zero-order valence-electron chi connectivity index (χ0n) is 14.0. The van der Waals surface area contributed by atoms with Crippen LogP contribution in [0.25, 0.3) is 0 Å². The van der Waals surface area contributed by atoms with Crippen molar-refractivity contribution in [3.63, 3.8) is 0 Å². The molecule has 2 N–H and O–H groups in total. The minimum absolute atomic E-state index is 0.0707. The molecule has 1 unspecified atom stereocenters. The fraction of sp³-hybridized carbons (Fsp3) is 0.316. The number of hydrogen-bond acceptors (Lipinski definition) is 4. The highest BCUT2D eigenvalue weighted by Crippen LogP contribution is 2.29. The Kier molecular flexibility index (Phi) is 4.19. The highest BCUT2D eigenvalue weighted by molar-refractivity contribution is 5.89. The number of nitrogens with one attached hydrogen (secondary N) is 2. The van der Waals surface area contributed by atoms with E-state index in [-0.39, 0.29) is 12.1 Å². The van der Waals surface area contributed by atoms with Crippen molar-refractivity contribution in [1.82, 2.24) is 5.32 Å². The molecule has 0 radical (unpaired) electrons. The van der Waals surface area contributed by atoms with Gasteiger partial charge in [0.25, 0.3) is 0 Å². The summed E-state index contributed by atoms with van der Waals surface area (Å²) < 4.78 is 16.3. The molecule has 2 aromatic carbocycles. The van der Waals surface area contributed by atoms with Gasteiger partial charge in [0.05, 0.1) is 26.4 Å². The SMILES string of the molecule is COc1ccc2c(c1)OCC(NC(=O)Nc1ccc3c(c1)COC3)C2. The molecule has 25 heavy (non-hydrogen) atoms. The summed E-state index contributed by atoms with van der Waals surface area (Å²) in [7, 11) is 1.63. The smallest absolute Gasteiger partial charge is 0.319 e. The van der Waals surface area contributed by atoms with Crippen molar-refractivity contribution in [1.29, 1.82) is 0 Å². The van der Waals surface area contributed by atoms with Gasteiger partial charge in [-0.1, -0.05) is 12.1 Å². The molecule has 6 heteroatoms. The summed E-state index contributed by atoms with van der Waals surface area (Å²) in [4.78, 5) is 12.3. The average Bonchev–Trinajstić information content (AvgIpc) is 3.09. The van der Waals surface area contributed by atoms with Gasteiger partial charge in [-0.3, -0.25) is 0 Å². The topological polar surface area (TPSA) is 68.8 Å². The van der Waals surface area contributed by atoms with Crippen molar-refractivity contribution in [3.05, 3.63) is 53.1 Å². The predicted octanol–water partition coefficient (Wildman–Crippen LogP) is 2.85. The highest BCUT2D eigenvalue weighted by Gasteiger charge is 2.22. The van der Waals surface area contributed by atoms with E-state index in [2.05, 4.69) is 10.6 Å². The summed E-state index contributed by atoms with van der Waals surface area (Å²) in [6, 6.07) is 11.3. The third-order valence-electron chi connectivity index (χ3n) is 4.50. The molecule has 130 valence electrons. The molecule has 2 aliphatic heterocycles. The van der Waals surface area contributed by atoms with E-state index in [4.69, 9.17) is 14.2 Å². The fourth-order valence-electron chi connectivity index (χ4n) is 3.17. The van der Waals surface area contributed by atoms with Crippen molar-refractivity contribution >= 4 is 11.7 Å². The van der Waals surface area contributed by atoms with E-state index in [9.17, 15) is 4.79 Å². The van der Waals surface area contributed by atoms with Crippen LogP contribution in [0.4, 0.5) is 10.5 Å². The van der Waals surface area contributed by atoms with Crippen LogP contribution in [0.5, 0.6) is 11.5 Å². The molecule has 2 amide bonds. The van der Waals surface area contributed by atoms with Crippen molar-refractivity contribution in [2.75, 3.05) is 19.0 Å². The van der Waals surface area contributed by atoms with Crippen molar-refractivity contribution in [2.24, 2.45) is 0 Å². The number of rotatable bonds is 3. The molecule has 0 aromatic heterocycles. The van der Waals surface area contributed by atoms with Gasteiger partial charge in [0.1, 0.15) is 18.1 Å². The number of urea groups is 1. The molecule has 1 atom stereocenters. The first-order valence-corrected chi connectivity index (χ1v) is 8.28. The van der Waals surface area contributed by atoms with E-state index in [1.54, 1.807) is 7.11 Å². The number of benzene rings is 2. The minimum Gasteiger partial charge on any atom is -0.497 e. The monoisotopic (exact) mass is 340 g/mol. The van der Waals surface area contributed by atoms with E-state index in [1.807, 2.05) is 36.4 Å². The zero-order valence-corrected chi connectivity index (χ0v) is 14.0. The van der Waals surface area contributed by atoms with Crippen LogP contribution in [0.1, 0.15) is 16.7 Å². The van der Waals surface area contributed by atoms with Crippen molar-refractivity contribution in [3.8, 4) is 11.5 Å². The van der Waals surface area contributed by atoms with Gasteiger partial charge in [-0.05, 0) is 41.3 Å². The van der Waals surface area contributed by atoms with Gasteiger partial charge < -0.3 is 24.8 Å². The van der Waals surface area contributed by atoms with Crippen LogP contribution in [0, 0.1) is 0 Å². The van der Waals surface area contributed by atoms with Crippen LogP contribution in [-0.4, -0.2) is 25.8 Å². The Hall–Kier alpha value is -2.73. The number of hydrogen-bond donors (Lipinski definition) is 2. The summed E-state index contributed by atoms with van der Waals surface area (Å²) in [5.41, 5.74) is 4.14. The third kappa shape index (κ3) is 3.39. The number of fused-ring (bicyclic) bond motifs is 2. The Balaban J connectivity index is 1.36. The molecule has 0 aliphatic carbocycles. The first-order valence-electron chi connectivity index (χ1n) is 8.28.